The maximum absolute atomic E-state index is 12.7. The second-order valence-electron chi connectivity index (χ2n) is 5.57. The number of aryl methyl sites for hydroxylation is 2. The zero-order valence-corrected chi connectivity index (χ0v) is 13.9. The van der Waals surface area contributed by atoms with Gasteiger partial charge < -0.3 is 9.73 Å². The fraction of sp³-hybridized carbons (Fsp3) is 0.222. The molecule has 0 fully saturated rings. The molecule has 0 aliphatic rings. The summed E-state index contributed by atoms with van der Waals surface area (Å²) in [6, 6.07) is 10.8. The van der Waals surface area contributed by atoms with Crippen LogP contribution >= 0.6 is 11.6 Å². The van der Waals surface area contributed by atoms with Crippen molar-refractivity contribution >= 4 is 28.4 Å². The summed E-state index contributed by atoms with van der Waals surface area (Å²) in [7, 11) is 0. The standard InChI is InChI=1S/C18H17ClN2O2/c1-10-8-14(12(3)23-10)11(2)20-18(22)15-9-17(19)21-16-7-5-4-6-13(15)16/h4-9,11H,1-3H3,(H,20,22). The molecule has 1 unspecified atom stereocenters. The number of aromatic nitrogens is 1. The third kappa shape index (κ3) is 3.08. The van der Waals surface area contributed by atoms with Gasteiger partial charge in [-0.3, -0.25) is 4.79 Å². The lowest BCUT2D eigenvalue weighted by Crippen LogP contribution is -2.27. The van der Waals surface area contributed by atoms with Crippen molar-refractivity contribution in [1.29, 1.82) is 0 Å². The van der Waals surface area contributed by atoms with Gasteiger partial charge in [-0.1, -0.05) is 29.8 Å². The van der Waals surface area contributed by atoms with Gasteiger partial charge >= 0.3 is 0 Å². The predicted molar refractivity (Wildman–Crippen MR) is 90.8 cm³/mol. The van der Waals surface area contributed by atoms with Gasteiger partial charge in [0.15, 0.2) is 0 Å². The summed E-state index contributed by atoms with van der Waals surface area (Å²) in [5, 5.41) is 4.08. The van der Waals surface area contributed by atoms with Crippen LogP contribution in [0.4, 0.5) is 0 Å². The zero-order valence-electron chi connectivity index (χ0n) is 13.2. The lowest BCUT2D eigenvalue weighted by molar-refractivity contribution is 0.0941. The van der Waals surface area contributed by atoms with E-state index in [-0.39, 0.29) is 11.9 Å². The van der Waals surface area contributed by atoms with Gasteiger partial charge in [0.2, 0.25) is 0 Å². The fourth-order valence-electron chi connectivity index (χ4n) is 2.76. The summed E-state index contributed by atoms with van der Waals surface area (Å²) in [4.78, 5) is 16.9. The molecule has 1 aromatic carbocycles. The van der Waals surface area contributed by atoms with Crippen molar-refractivity contribution in [3.63, 3.8) is 0 Å². The number of furan rings is 1. The molecule has 118 valence electrons. The predicted octanol–water partition coefficient (Wildman–Crippen LogP) is 4.59. The van der Waals surface area contributed by atoms with Crippen LogP contribution < -0.4 is 5.32 Å². The third-order valence-electron chi connectivity index (χ3n) is 3.82. The lowest BCUT2D eigenvalue weighted by Gasteiger charge is -2.14. The molecule has 0 aliphatic carbocycles. The van der Waals surface area contributed by atoms with Crippen LogP contribution in [-0.2, 0) is 0 Å². The van der Waals surface area contributed by atoms with Crippen molar-refractivity contribution in [2.24, 2.45) is 0 Å². The van der Waals surface area contributed by atoms with Gasteiger partial charge in [0.25, 0.3) is 5.91 Å². The van der Waals surface area contributed by atoms with E-state index in [1.165, 1.54) is 0 Å². The van der Waals surface area contributed by atoms with Gasteiger partial charge in [-0.25, -0.2) is 4.98 Å². The van der Waals surface area contributed by atoms with E-state index in [2.05, 4.69) is 10.3 Å². The average molecular weight is 329 g/mol. The number of halogens is 1. The molecular formula is C18H17ClN2O2. The maximum Gasteiger partial charge on any atom is 0.252 e. The summed E-state index contributed by atoms with van der Waals surface area (Å²) in [5.41, 5.74) is 2.19. The first-order valence-corrected chi connectivity index (χ1v) is 7.76. The van der Waals surface area contributed by atoms with E-state index < -0.39 is 0 Å². The number of para-hydroxylation sites is 1. The molecule has 0 bridgehead atoms. The van der Waals surface area contributed by atoms with Crippen LogP contribution in [0.5, 0.6) is 0 Å². The highest BCUT2D eigenvalue weighted by Gasteiger charge is 2.18. The Bertz CT molecular complexity index is 886. The van der Waals surface area contributed by atoms with Crippen LogP contribution in [0.3, 0.4) is 0 Å². The normalized spacial score (nSPS) is 12.3. The molecule has 5 heteroatoms. The highest BCUT2D eigenvalue weighted by molar-refractivity contribution is 6.30. The number of nitrogens with one attached hydrogen (secondary N) is 1. The summed E-state index contributed by atoms with van der Waals surface area (Å²) >= 11 is 6.04. The van der Waals surface area contributed by atoms with Crippen molar-refractivity contribution in [2.75, 3.05) is 0 Å². The molecule has 1 N–H and O–H groups in total. The molecular weight excluding hydrogens is 312 g/mol. The molecule has 0 saturated carbocycles. The minimum atomic E-state index is -0.184. The van der Waals surface area contributed by atoms with E-state index in [9.17, 15) is 4.79 Å². The van der Waals surface area contributed by atoms with E-state index in [4.69, 9.17) is 16.0 Å². The van der Waals surface area contributed by atoms with Crippen LogP contribution in [0.15, 0.2) is 40.8 Å². The molecule has 1 amide bonds. The third-order valence-corrected chi connectivity index (χ3v) is 4.02. The van der Waals surface area contributed by atoms with Crippen LogP contribution in [0, 0.1) is 13.8 Å². The number of rotatable bonds is 3. The van der Waals surface area contributed by atoms with Gasteiger partial charge in [0.05, 0.1) is 17.1 Å². The van der Waals surface area contributed by atoms with Crippen molar-refractivity contribution in [3.05, 3.63) is 64.2 Å². The molecule has 0 spiro atoms. The number of benzene rings is 1. The van der Waals surface area contributed by atoms with Gasteiger partial charge in [0, 0.05) is 10.9 Å². The largest absolute Gasteiger partial charge is 0.466 e. The summed E-state index contributed by atoms with van der Waals surface area (Å²) in [5.74, 6) is 1.46. The monoisotopic (exact) mass is 328 g/mol. The minimum Gasteiger partial charge on any atom is -0.466 e. The van der Waals surface area contributed by atoms with E-state index in [0.29, 0.717) is 16.2 Å². The number of amides is 1. The number of hydrogen-bond acceptors (Lipinski definition) is 3. The Labute approximate surface area is 139 Å². The number of nitrogens with zero attached hydrogens (tertiary/aromatic N) is 1. The van der Waals surface area contributed by atoms with Gasteiger partial charge in [-0.05, 0) is 39.0 Å². The Hall–Kier alpha value is -2.33. The van der Waals surface area contributed by atoms with Crippen LogP contribution in [0.1, 0.15) is 40.4 Å². The van der Waals surface area contributed by atoms with Crippen molar-refractivity contribution < 1.29 is 9.21 Å². The molecule has 3 aromatic rings. The first-order valence-electron chi connectivity index (χ1n) is 7.39. The Morgan fingerprint density at radius 1 is 1.26 bits per heavy atom. The Balaban J connectivity index is 1.93. The maximum atomic E-state index is 12.7. The molecule has 0 aliphatic heterocycles. The van der Waals surface area contributed by atoms with E-state index in [0.717, 1.165) is 22.5 Å². The van der Waals surface area contributed by atoms with Crippen molar-refractivity contribution in [2.45, 2.75) is 26.8 Å². The van der Waals surface area contributed by atoms with Gasteiger partial charge in [0.1, 0.15) is 16.7 Å². The lowest BCUT2D eigenvalue weighted by atomic mass is 10.1. The van der Waals surface area contributed by atoms with Gasteiger partial charge in [-0.2, -0.15) is 0 Å². The topological polar surface area (TPSA) is 55.1 Å². The SMILES string of the molecule is Cc1cc(C(C)NC(=O)c2cc(Cl)nc3ccccc23)c(C)o1. The van der Waals surface area contributed by atoms with Crippen LogP contribution in [0.25, 0.3) is 10.9 Å². The average Bonchev–Trinajstić information content (AvgIpc) is 2.85. The second-order valence-corrected chi connectivity index (χ2v) is 5.96. The summed E-state index contributed by atoms with van der Waals surface area (Å²) < 4.78 is 5.53. The molecule has 4 nitrogen and oxygen atoms in total. The van der Waals surface area contributed by atoms with Crippen molar-refractivity contribution in [1.82, 2.24) is 10.3 Å². The Morgan fingerprint density at radius 2 is 2.00 bits per heavy atom. The number of pyridine rings is 1. The highest BCUT2D eigenvalue weighted by atomic mass is 35.5. The number of carbonyl (C=O) groups excluding carboxylic acids is 1. The van der Waals surface area contributed by atoms with E-state index in [1.807, 2.05) is 51.1 Å². The Morgan fingerprint density at radius 3 is 2.70 bits per heavy atom. The second kappa shape index (κ2) is 6.05. The molecule has 1 atom stereocenters. The number of fused-ring (bicyclic) bond motifs is 1. The zero-order chi connectivity index (χ0) is 16.6. The summed E-state index contributed by atoms with van der Waals surface area (Å²) in [6.45, 7) is 5.71. The molecule has 23 heavy (non-hydrogen) atoms. The van der Waals surface area contributed by atoms with Crippen molar-refractivity contribution in [3.8, 4) is 0 Å². The van der Waals surface area contributed by atoms with Crippen LogP contribution in [0.2, 0.25) is 5.15 Å². The number of hydrogen-bond donors (Lipinski definition) is 1. The summed E-state index contributed by atoms with van der Waals surface area (Å²) in [6.07, 6.45) is 0. The smallest absolute Gasteiger partial charge is 0.252 e. The fourth-order valence-corrected chi connectivity index (χ4v) is 2.96. The minimum absolute atomic E-state index is 0.161. The molecule has 0 saturated heterocycles. The molecule has 0 radical (unpaired) electrons. The van der Waals surface area contributed by atoms with Gasteiger partial charge in [-0.15, -0.1) is 0 Å². The Kier molecular flexibility index (Phi) is 4.09. The quantitative estimate of drug-likeness (QED) is 0.715. The first-order chi connectivity index (χ1) is 11.0. The number of carbonyl (C=O) groups is 1. The molecule has 2 aromatic heterocycles. The van der Waals surface area contributed by atoms with E-state index in [1.54, 1.807) is 6.07 Å². The molecule has 3 rings (SSSR count). The highest BCUT2D eigenvalue weighted by Crippen LogP contribution is 2.24. The van der Waals surface area contributed by atoms with Crippen LogP contribution in [-0.4, -0.2) is 10.9 Å². The molecule has 2 heterocycles. The first kappa shape index (κ1) is 15.6. The van der Waals surface area contributed by atoms with E-state index >= 15 is 0 Å².